The summed E-state index contributed by atoms with van der Waals surface area (Å²) >= 11 is 6.03. The normalized spacial score (nSPS) is 24.7. The van der Waals surface area contributed by atoms with E-state index in [2.05, 4.69) is 4.90 Å². The molecule has 2 unspecified atom stereocenters. The Kier molecular flexibility index (Phi) is 4.59. The molecule has 114 valence electrons. The Morgan fingerprint density at radius 2 is 1.86 bits per heavy atom. The van der Waals surface area contributed by atoms with Crippen LogP contribution in [0.5, 0.6) is 0 Å². The van der Waals surface area contributed by atoms with E-state index >= 15 is 0 Å². The van der Waals surface area contributed by atoms with Crippen molar-refractivity contribution in [3.8, 4) is 6.07 Å². The molecule has 0 saturated carbocycles. The highest BCUT2D eigenvalue weighted by Gasteiger charge is 2.35. The second-order valence-electron chi connectivity index (χ2n) is 5.44. The van der Waals surface area contributed by atoms with E-state index in [1.165, 1.54) is 22.5 Å². The number of benzene rings is 1. The minimum atomic E-state index is -3.69. The molecule has 2 rings (SSSR count). The van der Waals surface area contributed by atoms with E-state index in [1.54, 1.807) is 0 Å². The topological polar surface area (TPSA) is 64.4 Å². The van der Waals surface area contributed by atoms with Gasteiger partial charge in [0, 0.05) is 25.2 Å². The number of hydrogen-bond donors (Lipinski definition) is 0. The second-order valence-corrected chi connectivity index (χ2v) is 7.76. The SMILES string of the molecule is CC1CN(S(=O)(=O)c2cc(C#N)ccc2Cl)CC(C)N1C. The van der Waals surface area contributed by atoms with Crippen molar-refractivity contribution in [2.24, 2.45) is 0 Å². The maximum atomic E-state index is 12.8. The average molecular weight is 328 g/mol. The fraction of sp³-hybridized carbons (Fsp3) is 0.500. The number of hydrogen-bond acceptors (Lipinski definition) is 4. The van der Waals surface area contributed by atoms with E-state index in [0.717, 1.165) is 0 Å². The molecule has 1 aliphatic heterocycles. The van der Waals surface area contributed by atoms with Crippen molar-refractivity contribution >= 4 is 21.6 Å². The van der Waals surface area contributed by atoms with Gasteiger partial charge in [-0.3, -0.25) is 4.90 Å². The third kappa shape index (κ3) is 3.06. The van der Waals surface area contributed by atoms with E-state index in [0.29, 0.717) is 13.1 Å². The van der Waals surface area contributed by atoms with Crippen molar-refractivity contribution in [3.05, 3.63) is 28.8 Å². The second kappa shape index (κ2) is 5.93. The van der Waals surface area contributed by atoms with Gasteiger partial charge in [0.25, 0.3) is 0 Å². The van der Waals surface area contributed by atoms with Gasteiger partial charge in [0.1, 0.15) is 4.90 Å². The zero-order valence-corrected chi connectivity index (χ0v) is 13.8. The van der Waals surface area contributed by atoms with Gasteiger partial charge >= 0.3 is 0 Å². The lowest BCUT2D eigenvalue weighted by Crippen LogP contribution is -2.56. The predicted molar refractivity (Wildman–Crippen MR) is 81.6 cm³/mol. The molecule has 21 heavy (non-hydrogen) atoms. The maximum absolute atomic E-state index is 12.8. The Hall–Kier alpha value is -1.13. The summed E-state index contributed by atoms with van der Waals surface area (Å²) in [7, 11) is -1.70. The van der Waals surface area contributed by atoms with Gasteiger partial charge in [-0.15, -0.1) is 0 Å². The highest BCUT2D eigenvalue weighted by atomic mass is 35.5. The quantitative estimate of drug-likeness (QED) is 0.832. The van der Waals surface area contributed by atoms with Crippen LogP contribution in [0, 0.1) is 11.3 Å². The molecular formula is C14H18ClN3O2S. The van der Waals surface area contributed by atoms with E-state index in [-0.39, 0.29) is 27.6 Å². The number of piperazine rings is 1. The van der Waals surface area contributed by atoms with Crippen LogP contribution in [0.1, 0.15) is 19.4 Å². The lowest BCUT2D eigenvalue weighted by atomic mass is 10.1. The lowest BCUT2D eigenvalue weighted by Gasteiger charge is -2.41. The summed E-state index contributed by atoms with van der Waals surface area (Å²) in [6.45, 7) is 4.81. The average Bonchev–Trinajstić information content (AvgIpc) is 2.44. The molecule has 1 fully saturated rings. The highest BCUT2D eigenvalue weighted by molar-refractivity contribution is 7.89. The molecule has 1 saturated heterocycles. The Morgan fingerprint density at radius 1 is 1.29 bits per heavy atom. The van der Waals surface area contributed by atoms with Gasteiger partial charge in [0.05, 0.1) is 16.7 Å². The minimum Gasteiger partial charge on any atom is -0.298 e. The Balaban J connectivity index is 2.41. The van der Waals surface area contributed by atoms with Gasteiger partial charge in [-0.25, -0.2) is 8.42 Å². The molecule has 5 nitrogen and oxygen atoms in total. The van der Waals surface area contributed by atoms with E-state index in [9.17, 15) is 8.42 Å². The van der Waals surface area contributed by atoms with Crippen LogP contribution in [0.4, 0.5) is 0 Å². The first-order valence-electron chi connectivity index (χ1n) is 6.69. The molecule has 1 aromatic carbocycles. The summed E-state index contributed by atoms with van der Waals surface area (Å²) in [6.07, 6.45) is 0. The van der Waals surface area contributed by atoms with Crippen LogP contribution in [0.15, 0.2) is 23.1 Å². The van der Waals surface area contributed by atoms with Crippen LogP contribution in [0.25, 0.3) is 0 Å². The molecule has 0 amide bonds. The molecule has 2 atom stereocenters. The lowest BCUT2D eigenvalue weighted by molar-refractivity contribution is 0.105. The summed E-state index contributed by atoms with van der Waals surface area (Å²) in [5, 5.41) is 9.09. The zero-order chi connectivity index (χ0) is 15.8. The summed E-state index contributed by atoms with van der Waals surface area (Å²) in [6, 6.07) is 6.50. The molecule has 0 bridgehead atoms. The Labute approximate surface area is 130 Å². The van der Waals surface area contributed by atoms with E-state index in [1.807, 2.05) is 27.0 Å². The van der Waals surface area contributed by atoms with Gasteiger partial charge in [-0.05, 0) is 39.1 Å². The molecule has 0 N–H and O–H groups in total. The maximum Gasteiger partial charge on any atom is 0.244 e. The van der Waals surface area contributed by atoms with Crippen LogP contribution < -0.4 is 0 Å². The third-order valence-electron chi connectivity index (χ3n) is 4.00. The first-order valence-corrected chi connectivity index (χ1v) is 8.51. The van der Waals surface area contributed by atoms with E-state index < -0.39 is 10.0 Å². The van der Waals surface area contributed by atoms with Gasteiger partial charge in [0.2, 0.25) is 10.0 Å². The number of halogens is 1. The summed E-state index contributed by atoms with van der Waals surface area (Å²) in [5.74, 6) is 0. The fourth-order valence-electron chi connectivity index (χ4n) is 2.46. The van der Waals surface area contributed by atoms with E-state index in [4.69, 9.17) is 16.9 Å². The smallest absolute Gasteiger partial charge is 0.244 e. The molecule has 0 aromatic heterocycles. The van der Waals surface area contributed by atoms with Gasteiger partial charge in [-0.1, -0.05) is 11.6 Å². The van der Waals surface area contributed by atoms with Crippen LogP contribution in [0.2, 0.25) is 5.02 Å². The third-order valence-corrected chi connectivity index (χ3v) is 6.32. The first-order chi connectivity index (χ1) is 9.77. The number of likely N-dealkylation sites (N-methyl/N-ethyl adjacent to an activating group) is 1. The molecular weight excluding hydrogens is 310 g/mol. The zero-order valence-electron chi connectivity index (χ0n) is 12.2. The van der Waals surface area contributed by atoms with Crippen LogP contribution in [-0.2, 0) is 10.0 Å². The molecule has 0 radical (unpaired) electrons. The van der Waals surface area contributed by atoms with Crippen molar-refractivity contribution in [1.29, 1.82) is 5.26 Å². The summed E-state index contributed by atoms with van der Waals surface area (Å²) in [4.78, 5) is 2.16. The standard InChI is InChI=1S/C14H18ClN3O2S/c1-10-8-18(9-11(2)17(10)3)21(19,20)14-6-12(7-16)4-5-13(14)15/h4-6,10-11H,8-9H2,1-3H3. The first kappa shape index (κ1) is 16.2. The number of nitriles is 1. The number of nitrogens with zero attached hydrogens (tertiary/aromatic N) is 3. The molecule has 1 aromatic rings. The molecule has 1 heterocycles. The highest BCUT2D eigenvalue weighted by Crippen LogP contribution is 2.28. The minimum absolute atomic E-state index is 0.00664. The van der Waals surface area contributed by atoms with Crippen LogP contribution in [-0.4, -0.2) is 49.8 Å². The predicted octanol–water partition coefficient (Wildman–Crippen LogP) is 1.92. The van der Waals surface area contributed by atoms with Gasteiger partial charge < -0.3 is 0 Å². The van der Waals surface area contributed by atoms with Crippen molar-refractivity contribution in [3.63, 3.8) is 0 Å². The monoisotopic (exact) mass is 327 g/mol. The van der Waals surface area contributed by atoms with Crippen molar-refractivity contribution in [2.75, 3.05) is 20.1 Å². The van der Waals surface area contributed by atoms with Crippen molar-refractivity contribution in [1.82, 2.24) is 9.21 Å². The van der Waals surface area contributed by atoms with Crippen molar-refractivity contribution in [2.45, 2.75) is 30.8 Å². The largest absolute Gasteiger partial charge is 0.298 e. The summed E-state index contributed by atoms with van der Waals surface area (Å²) in [5.41, 5.74) is 0.285. The number of rotatable bonds is 2. The molecule has 1 aliphatic rings. The van der Waals surface area contributed by atoms with Gasteiger partial charge in [0.15, 0.2) is 0 Å². The van der Waals surface area contributed by atoms with Crippen LogP contribution in [0.3, 0.4) is 0 Å². The summed E-state index contributed by atoms with van der Waals surface area (Å²) < 4.78 is 27.0. The molecule has 0 spiro atoms. The Morgan fingerprint density at radius 3 is 2.38 bits per heavy atom. The van der Waals surface area contributed by atoms with Crippen LogP contribution >= 0.6 is 11.6 Å². The molecule has 7 heteroatoms. The fourth-order valence-corrected chi connectivity index (χ4v) is 4.56. The van der Waals surface area contributed by atoms with Crippen molar-refractivity contribution < 1.29 is 8.42 Å². The number of sulfonamides is 1. The van der Waals surface area contributed by atoms with Gasteiger partial charge in [-0.2, -0.15) is 9.57 Å². The Bertz CT molecular complexity index is 672. The molecule has 0 aliphatic carbocycles.